The molecule has 8 heteroatoms. The van der Waals surface area contributed by atoms with E-state index in [1.165, 1.54) is 18.2 Å². The monoisotopic (exact) mass is 457 g/mol. The van der Waals surface area contributed by atoms with Gasteiger partial charge in [0.2, 0.25) is 5.97 Å². The van der Waals surface area contributed by atoms with E-state index in [2.05, 4.69) is 0 Å². The van der Waals surface area contributed by atoms with Gasteiger partial charge in [0.05, 0.1) is 12.0 Å². The maximum Gasteiger partial charge on any atom is 0.393 e. The van der Waals surface area contributed by atoms with Crippen LogP contribution >= 0.6 is 0 Å². The molecule has 0 unspecified atom stereocenters. The van der Waals surface area contributed by atoms with Gasteiger partial charge in [0.1, 0.15) is 12.4 Å². The molecule has 0 atom stereocenters. The van der Waals surface area contributed by atoms with Crippen LogP contribution in [-0.2, 0) is 0 Å². The summed E-state index contributed by atoms with van der Waals surface area (Å²) in [6, 6.07) is 18.9. The van der Waals surface area contributed by atoms with E-state index in [9.17, 15) is 17.6 Å². The molecule has 3 aromatic rings. The molecule has 0 aliphatic heterocycles. The fourth-order valence-electron chi connectivity index (χ4n) is 3.49. The zero-order valence-corrected chi connectivity index (χ0v) is 17.6. The van der Waals surface area contributed by atoms with Crippen LogP contribution in [-0.4, -0.2) is 25.3 Å². The molecule has 172 valence electrons. The van der Waals surface area contributed by atoms with Crippen LogP contribution in [0.3, 0.4) is 0 Å². The molecular formula is C25H23F4N3O. The maximum absolute atomic E-state index is 13.8. The summed E-state index contributed by atoms with van der Waals surface area (Å²) in [5.41, 5.74) is 12.5. The van der Waals surface area contributed by atoms with E-state index in [4.69, 9.17) is 21.6 Å². The number of nitrogens with two attached hydrogens (primary N) is 2. The Morgan fingerprint density at radius 3 is 2.09 bits per heavy atom. The van der Waals surface area contributed by atoms with Crippen molar-refractivity contribution in [1.29, 1.82) is 5.41 Å². The number of nitrogen functional groups attached to an aromatic ring is 1. The van der Waals surface area contributed by atoms with Crippen LogP contribution in [0.5, 0.6) is 5.75 Å². The highest BCUT2D eigenvalue weighted by atomic mass is 19.4. The third-order valence-electron chi connectivity index (χ3n) is 4.91. The molecule has 0 saturated carbocycles. The number of alkyl halides is 3. The fraction of sp³-hybridized carbons (Fsp3) is 0.160. The molecule has 0 aromatic heterocycles. The first kappa shape index (κ1) is 24.0. The number of hydrogen-bond donors (Lipinski definition) is 3. The van der Waals surface area contributed by atoms with Crippen LogP contribution in [0, 0.1) is 5.41 Å². The minimum atomic E-state index is -4.50. The molecule has 0 bridgehead atoms. The van der Waals surface area contributed by atoms with Gasteiger partial charge in [-0.25, -0.2) is 0 Å². The summed E-state index contributed by atoms with van der Waals surface area (Å²) in [6.07, 6.45) is -5.70. The van der Waals surface area contributed by atoms with E-state index in [0.717, 1.165) is 0 Å². The van der Waals surface area contributed by atoms with Crippen molar-refractivity contribution >= 4 is 22.8 Å². The summed E-state index contributed by atoms with van der Waals surface area (Å²) >= 11 is 0. The zero-order valence-electron chi connectivity index (χ0n) is 17.6. The van der Waals surface area contributed by atoms with Crippen LogP contribution in [0.2, 0.25) is 0 Å². The summed E-state index contributed by atoms with van der Waals surface area (Å²) in [5, 5.41) is 7.36. The molecule has 0 amide bonds. The van der Waals surface area contributed by atoms with Crippen LogP contribution in [0.25, 0.3) is 11.1 Å². The van der Waals surface area contributed by atoms with Crippen molar-refractivity contribution in [3.63, 3.8) is 0 Å². The van der Waals surface area contributed by atoms with E-state index >= 15 is 0 Å². The van der Waals surface area contributed by atoms with Crippen molar-refractivity contribution in [2.45, 2.75) is 12.6 Å². The summed E-state index contributed by atoms with van der Waals surface area (Å²) in [6.45, 7) is 0.616. The lowest BCUT2D eigenvalue weighted by molar-refractivity contribution is -0.122. The second-order valence-electron chi connectivity index (χ2n) is 7.29. The van der Waals surface area contributed by atoms with Crippen molar-refractivity contribution in [2.24, 2.45) is 5.73 Å². The van der Waals surface area contributed by atoms with Crippen molar-refractivity contribution in [1.82, 2.24) is 0 Å². The minimum absolute atomic E-state index is 0.0137. The smallest absolute Gasteiger partial charge is 0.393 e. The summed E-state index contributed by atoms with van der Waals surface area (Å²) in [4.78, 5) is 0. The Morgan fingerprint density at radius 2 is 1.52 bits per heavy atom. The number of rotatable bonds is 8. The number of ether oxygens (including phenoxy) is 1. The van der Waals surface area contributed by atoms with Gasteiger partial charge in [-0.3, -0.25) is 5.41 Å². The number of halogens is 4. The number of hydrogen-bond acceptors (Lipinski definition) is 4. The summed E-state index contributed by atoms with van der Waals surface area (Å²) in [7, 11) is 0. The minimum Gasteiger partial charge on any atom is -0.492 e. The molecule has 0 radical (unpaired) electrons. The zero-order chi connectivity index (χ0) is 24.0. The molecule has 3 aromatic carbocycles. The van der Waals surface area contributed by atoms with Crippen molar-refractivity contribution in [3.8, 4) is 5.75 Å². The summed E-state index contributed by atoms with van der Waals surface area (Å²) < 4.78 is 60.3. The topological polar surface area (TPSA) is 85.1 Å². The average molecular weight is 457 g/mol. The van der Waals surface area contributed by atoms with E-state index in [1.807, 2.05) is 0 Å². The van der Waals surface area contributed by atoms with Gasteiger partial charge in [-0.2, -0.15) is 17.6 Å². The lowest BCUT2D eigenvalue weighted by Crippen LogP contribution is -2.11. The van der Waals surface area contributed by atoms with Crippen molar-refractivity contribution < 1.29 is 22.3 Å². The van der Waals surface area contributed by atoms with Crippen molar-refractivity contribution in [2.75, 3.05) is 18.9 Å². The lowest BCUT2D eigenvalue weighted by Gasteiger charge is -2.20. The maximum atomic E-state index is 13.8. The molecule has 4 nitrogen and oxygen atoms in total. The Balaban J connectivity index is 2.29. The van der Waals surface area contributed by atoms with Crippen LogP contribution in [0.15, 0.2) is 72.8 Å². The fourth-order valence-corrected chi connectivity index (χ4v) is 3.49. The third kappa shape index (κ3) is 6.20. The Hall–Kier alpha value is -3.65. The highest BCUT2D eigenvalue weighted by Gasteiger charge is 2.31. The first-order valence-corrected chi connectivity index (χ1v) is 10.1. The molecule has 0 aliphatic carbocycles. The van der Waals surface area contributed by atoms with E-state index in [1.54, 1.807) is 54.6 Å². The normalized spacial score (nSPS) is 12.3. The van der Waals surface area contributed by atoms with Crippen LogP contribution in [0.1, 0.15) is 28.7 Å². The first-order valence-electron chi connectivity index (χ1n) is 10.1. The molecule has 0 aliphatic rings. The quantitative estimate of drug-likeness (QED) is 0.173. The SMILES string of the molecule is N=C(F)c1cc(/C(=C(\CC(F)(F)F)c2ccccc2)c2ccc(OCCN)cc2)ccc1N. The Kier molecular flexibility index (Phi) is 7.50. The van der Waals surface area contributed by atoms with Gasteiger partial charge in [0.15, 0.2) is 0 Å². The van der Waals surface area contributed by atoms with E-state index in [-0.39, 0.29) is 22.4 Å². The third-order valence-corrected chi connectivity index (χ3v) is 4.91. The molecule has 0 saturated heterocycles. The molecular weight excluding hydrogens is 434 g/mol. The lowest BCUT2D eigenvalue weighted by atomic mass is 9.87. The van der Waals surface area contributed by atoms with Gasteiger partial charge >= 0.3 is 6.18 Å². The molecule has 33 heavy (non-hydrogen) atoms. The predicted molar refractivity (Wildman–Crippen MR) is 123 cm³/mol. The van der Waals surface area contributed by atoms with Gasteiger partial charge in [0, 0.05) is 12.2 Å². The Bertz CT molecular complexity index is 1140. The number of nitrogens with one attached hydrogen (secondary N) is 1. The van der Waals surface area contributed by atoms with E-state index in [0.29, 0.717) is 35.6 Å². The molecule has 0 heterocycles. The second-order valence-corrected chi connectivity index (χ2v) is 7.29. The molecule has 3 rings (SSSR count). The van der Waals surface area contributed by atoms with Crippen LogP contribution in [0.4, 0.5) is 23.2 Å². The van der Waals surface area contributed by atoms with E-state index < -0.39 is 18.6 Å². The van der Waals surface area contributed by atoms with Gasteiger partial charge in [-0.15, -0.1) is 0 Å². The van der Waals surface area contributed by atoms with Gasteiger partial charge < -0.3 is 16.2 Å². The predicted octanol–water partition coefficient (Wildman–Crippen LogP) is 5.81. The van der Waals surface area contributed by atoms with Gasteiger partial charge in [-0.1, -0.05) is 48.5 Å². The van der Waals surface area contributed by atoms with Gasteiger partial charge in [-0.05, 0) is 52.1 Å². The summed E-state index contributed by atoms with van der Waals surface area (Å²) in [5.74, 6) is -0.750. The number of allylic oxidation sites excluding steroid dienone is 1. The largest absolute Gasteiger partial charge is 0.492 e. The standard InChI is InChI=1S/C25H23F4N3O/c26-24(32)20-14-18(8-11-22(20)31)23(17-6-9-19(10-7-17)33-13-12-30)21(15-25(27,28)29)16-4-2-1-3-5-16/h1-11,14,32H,12-13,15,30-31H2/b23-21+,32-24?. The average Bonchev–Trinajstić information content (AvgIpc) is 2.78. The number of anilines is 1. The van der Waals surface area contributed by atoms with Gasteiger partial charge in [0.25, 0.3) is 0 Å². The number of benzene rings is 3. The highest BCUT2D eigenvalue weighted by Crippen LogP contribution is 2.40. The molecule has 0 spiro atoms. The molecule has 5 N–H and O–H groups in total. The first-order chi connectivity index (χ1) is 15.7. The Morgan fingerprint density at radius 1 is 0.879 bits per heavy atom. The van der Waals surface area contributed by atoms with Crippen LogP contribution < -0.4 is 16.2 Å². The molecule has 0 fully saturated rings. The Labute approximate surface area is 189 Å². The highest BCUT2D eigenvalue weighted by molar-refractivity contribution is 6.02. The van der Waals surface area contributed by atoms with Crippen molar-refractivity contribution in [3.05, 3.63) is 95.1 Å². The second kappa shape index (κ2) is 10.3.